The second-order valence-electron chi connectivity index (χ2n) is 5.72. The number of rotatable bonds is 8. The monoisotopic (exact) mass is 293 g/mol. The van der Waals surface area contributed by atoms with Gasteiger partial charge >= 0.3 is 5.97 Å². The number of carboxylic acid groups (broad SMARTS) is 1. The highest BCUT2D eigenvalue weighted by Crippen LogP contribution is 2.36. The Morgan fingerprint density at radius 2 is 2.10 bits per heavy atom. The molecule has 0 aromatic heterocycles. The first-order valence-corrected chi connectivity index (χ1v) is 7.43. The number of carboxylic acids is 1. The molecule has 0 saturated heterocycles. The minimum Gasteiger partial charge on any atom is -0.492 e. The van der Waals surface area contributed by atoms with Gasteiger partial charge in [0.05, 0.1) is 5.56 Å². The molecular weight excluding hydrogens is 270 g/mol. The van der Waals surface area contributed by atoms with Crippen LogP contribution >= 0.6 is 0 Å². The van der Waals surface area contributed by atoms with Crippen molar-refractivity contribution in [3.63, 3.8) is 0 Å². The third kappa shape index (κ3) is 4.44. The predicted molar refractivity (Wildman–Crippen MR) is 79.8 cm³/mol. The Morgan fingerprint density at radius 1 is 1.33 bits per heavy atom. The second kappa shape index (κ2) is 7.43. The first kappa shape index (κ1) is 15.8. The van der Waals surface area contributed by atoms with E-state index in [1.54, 1.807) is 18.2 Å². The molecule has 1 aliphatic rings. The van der Waals surface area contributed by atoms with Crippen LogP contribution in [-0.2, 0) is 0 Å². The Kier molecular flexibility index (Phi) is 5.59. The molecule has 2 rings (SSSR count). The molecule has 1 aromatic rings. The molecule has 0 atom stereocenters. The zero-order valence-corrected chi connectivity index (χ0v) is 12.2. The van der Waals surface area contributed by atoms with Gasteiger partial charge < -0.3 is 20.3 Å². The molecule has 0 amide bonds. The van der Waals surface area contributed by atoms with E-state index in [1.165, 1.54) is 18.9 Å². The van der Waals surface area contributed by atoms with Gasteiger partial charge in [-0.2, -0.15) is 0 Å². The van der Waals surface area contributed by atoms with E-state index in [-0.39, 0.29) is 17.6 Å². The van der Waals surface area contributed by atoms with Crippen LogP contribution in [0.3, 0.4) is 0 Å². The molecule has 1 aliphatic carbocycles. The van der Waals surface area contributed by atoms with Crippen molar-refractivity contribution in [1.82, 2.24) is 5.32 Å². The summed E-state index contributed by atoms with van der Waals surface area (Å²) < 4.78 is 5.54. The van der Waals surface area contributed by atoms with E-state index in [2.05, 4.69) is 5.32 Å². The van der Waals surface area contributed by atoms with Crippen molar-refractivity contribution in [3.05, 3.63) is 29.8 Å². The van der Waals surface area contributed by atoms with Crippen molar-refractivity contribution < 1.29 is 19.7 Å². The average molecular weight is 293 g/mol. The number of ether oxygens (including phenoxy) is 1. The van der Waals surface area contributed by atoms with E-state index >= 15 is 0 Å². The van der Waals surface area contributed by atoms with E-state index in [0.29, 0.717) is 18.9 Å². The zero-order valence-electron chi connectivity index (χ0n) is 12.2. The fraction of sp³-hybridized carbons (Fsp3) is 0.562. The number of hydrogen-bond acceptors (Lipinski definition) is 4. The van der Waals surface area contributed by atoms with Gasteiger partial charge in [-0.25, -0.2) is 4.79 Å². The van der Waals surface area contributed by atoms with Gasteiger partial charge in [0.1, 0.15) is 12.4 Å². The van der Waals surface area contributed by atoms with Crippen LogP contribution in [0.15, 0.2) is 24.3 Å². The SMILES string of the molecule is O=C(O)c1cccc(OCCNCC2(CO)CCCC2)c1. The summed E-state index contributed by atoms with van der Waals surface area (Å²) >= 11 is 0. The van der Waals surface area contributed by atoms with Crippen LogP contribution in [0.25, 0.3) is 0 Å². The number of benzene rings is 1. The molecule has 0 aliphatic heterocycles. The molecule has 0 unspecified atom stereocenters. The molecule has 1 aromatic carbocycles. The fourth-order valence-corrected chi connectivity index (χ4v) is 2.83. The maximum atomic E-state index is 10.9. The van der Waals surface area contributed by atoms with Crippen LogP contribution in [0.1, 0.15) is 36.0 Å². The van der Waals surface area contributed by atoms with Crippen LogP contribution < -0.4 is 10.1 Å². The number of nitrogens with one attached hydrogen (secondary N) is 1. The molecule has 3 N–H and O–H groups in total. The number of aliphatic hydroxyl groups is 1. The lowest BCUT2D eigenvalue weighted by Crippen LogP contribution is -2.36. The number of aliphatic hydroxyl groups excluding tert-OH is 1. The lowest BCUT2D eigenvalue weighted by atomic mass is 9.87. The van der Waals surface area contributed by atoms with Gasteiger partial charge in [-0.1, -0.05) is 18.9 Å². The van der Waals surface area contributed by atoms with Gasteiger partial charge in [0.25, 0.3) is 0 Å². The van der Waals surface area contributed by atoms with Crippen molar-refractivity contribution in [2.75, 3.05) is 26.3 Å². The number of hydrogen-bond donors (Lipinski definition) is 3. The maximum absolute atomic E-state index is 10.9. The van der Waals surface area contributed by atoms with Crippen molar-refractivity contribution in [2.24, 2.45) is 5.41 Å². The van der Waals surface area contributed by atoms with E-state index in [4.69, 9.17) is 9.84 Å². The molecule has 21 heavy (non-hydrogen) atoms. The third-order valence-electron chi connectivity index (χ3n) is 4.13. The van der Waals surface area contributed by atoms with Gasteiger partial charge in [0.15, 0.2) is 0 Å². The lowest BCUT2D eigenvalue weighted by Gasteiger charge is -2.26. The molecule has 116 valence electrons. The smallest absolute Gasteiger partial charge is 0.335 e. The highest BCUT2D eigenvalue weighted by Gasteiger charge is 2.32. The second-order valence-corrected chi connectivity index (χ2v) is 5.72. The quantitative estimate of drug-likeness (QED) is 0.638. The maximum Gasteiger partial charge on any atom is 0.335 e. The van der Waals surface area contributed by atoms with Gasteiger partial charge in [0.2, 0.25) is 0 Å². The van der Waals surface area contributed by atoms with Crippen molar-refractivity contribution in [3.8, 4) is 5.75 Å². The van der Waals surface area contributed by atoms with Crippen molar-refractivity contribution in [2.45, 2.75) is 25.7 Å². The molecule has 0 bridgehead atoms. The van der Waals surface area contributed by atoms with Crippen LogP contribution in [0, 0.1) is 5.41 Å². The predicted octanol–water partition coefficient (Wildman–Crippen LogP) is 1.91. The zero-order chi connectivity index (χ0) is 15.1. The molecule has 0 heterocycles. The Morgan fingerprint density at radius 3 is 2.76 bits per heavy atom. The minimum absolute atomic E-state index is 0.0449. The van der Waals surface area contributed by atoms with Crippen LogP contribution in [0.2, 0.25) is 0 Å². The Labute approximate surface area is 124 Å². The van der Waals surface area contributed by atoms with Gasteiger partial charge in [-0.3, -0.25) is 0 Å². The molecule has 1 fully saturated rings. The third-order valence-corrected chi connectivity index (χ3v) is 4.13. The highest BCUT2D eigenvalue weighted by molar-refractivity contribution is 5.87. The summed E-state index contributed by atoms with van der Waals surface area (Å²) in [5.74, 6) is -0.390. The lowest BCUT2D eigenvalue weighted by molar-refractivity contribution is 0.0696. The average Bonchev–Trinajstić information content (AvgIpc) is 2.96. The normalized spacial score (nSPS) is 16.8. The van der Waals surface area contributed by atoms with Crippen molar-refractivity contribution in [1.29, 1.82) is 0 Å². The minimum atomic E-state index is -0.954. The molecular formula is C16H23NO4. The first-order valence-electron chi connectivity index (χ1n) is 7.43. The van der Waals surface area contributed by atoms with Crippen LogP contribution in [0.5, 0.6) is 5.75 Å². The van der Waals surface area contributed by atoms with Gasteiger partial charge in [0, 0.05) is 25.1 Å². The Hall–Kier alpha value is -1.59. The van der Waals surface area contributed by atoms with Crippen LogP contribution in [0.4, 0.5) is 0 Å². The topological polar surface area (TPSA) is 78.8 Å². The molecule has 5 heteroatoms. The standard InChI is InChI=1S/C16H23NO4/c18-12-16(6-1-2-7-16)11-17-8-9-21-14-5-3-4-13(10-14)15(19)20/h3-5,10,17-18H,1-2,6-9,11-12H2,(H,19,20). The summed E-state index contributed by atoms with van der Waals surface area (Å²) in [4.78, 5) is 10.9. The summed E-state index contributed by atoms with van der Waals surface area (Å²) in [6, 6.07) is 6.48. The summed E-state index contributed by atoms with van der Waals surface area (Å²) in [6.45, 7) is 2.20. The van der Waals surface area contributed by atoms with Crippen molar-refractivity contribution >= 4 is 5.97 Å². The fourth-order valence-electron chi connectivity index (χ4n) is 2.83. The largest absolute Gasteiger partial charge is 0.492 e. The number of carbonyl (C=O) groups is 1. The van der Waals surface area contributed by atoms with Gasteiger partial charge in [-0.05, 0) is 31.0 Å². The molecule has 1 saturated carbocycles. The summed E-state index contributed by atoms with van der Waals surface area (Å²) in [5, 5.41) is 21.7. The number of aromatic carboxylic acids is 1. The van der Waals surface area contributed by atoms with E-state index in [0.717, 1.165) is 19.4 Å². The molecule has 0 radical (unpaired) electrons. The summed E-state index contributed by atoms with van der Waals surface area (Å²) in [6.07, 6.45) is 4.55. The van der Waals surface area contributed by atoms with E-state index in [9.17, 15) is 9.90 Å². The molecule has 5 nitrogen and oxygen atoms in total. The van der Waals surface area contributed by atoms with Gasteiger partial charge in [-0.15, -0.1) is 0 Å². The Balaban J connectivity index is 1.70. The molecule has 0 spiro atoms. The first-order chi connectivity index (χ1) is 10.2. The Bertz CT molecular complexity index is 469. The summed E-state index contributed by atoms with van der Waals surface area (Å²) in [5.41, 5.74) is 0.272. The summed E-state index contributed by atoms with van der Waals surface area (Å²) in [7, 11) is 0. The van der Waals surface area contributed by atoms with Crippen LogP contribution in [-0.4, -0.2) is 42.5 Å². The highest BCUT2D eigenvalue weighted by atomic mass is 16.5. The van der Waals surface area contributed by atoms with E-state index in [1.807, 2.05) is 0 Å². The van der Waals surface area contributed by atoms with E-state index < -0.39 is 5.97 Å².